The second-order valence-corrected chi connectivity index (χ2v) is 9.97. The minimum Gasteiger partial charge on any atom is -0.481 e. The van der Waals surface area contributed by atoms with Crippen LogP contribution in [-0.4, -0.2) is 42.0 Å². The summed E-state index contributed by atoms with van der Waals surface area (Å²) >= 11 is 1.45. The maximum atomic E-state index is 15.8. The molecule has 0 spiro atoms. The Labute approximate surface area is 198 Å². The van der Waals surface area contributed by atoms with E-state index in [1.807, 2.05) is 23.8 Å². The van der Waals surface area contributed by atoms with E-state index in [1.54, 1.807) is 12.4 Å². The van der Waals surface area contributed by atoms with Crippen molar-refractivity contribution in [2.45, 2.75) is 38.6 Å². The highest BCUT2D eigenvalue weighted by atomic mass is 32.1. The predicted octanol–water partition coefficient (Wildman–Crippen LogP) is 4.89. The number of halogens is 1. The lowest BCUT2D eigenvalue weighted by Crippen LogP contribution is -2.51. The summed E-state index contributed by atoms with van der Waals surface area (Å²) in [6, 6.07) is 1.44. The fraction of sp³-hybridized carbons (Fsp3) is 0.375. The third-order valence-electron chi connectivity index (χ3n) is 7.20. The van der Waals surface area contributed by atoms with Crippen molar-refractivity contribution in [1.29, 1.82) is 0 Å². The van der Waals surface area contributed by atoms with Crippen molar-refractivity contribution in [3.63, 3.8) is 0 Å². The summed E-state index contributed by atoms with van der Waals surface area (Å²) in [6.45, 7) is 1.85. The highest BCUT2D eigenvalue weighted by Gasteiger charge is 2.47. The number of nitrogens with one attached hydrogen (secondary N) is 2. The van der Waals surface area contributed by atoms with E-state index in [4.69, 9.17) is 0 Å². The van der Waals surface area contributed by atoms with E-state index < -0.39 is 17.7 Å². The summed E-state index contributed by atoms with van der Waals surface area (Å²) in [4.78, 5) is 33.3. The minimum absolute atomic E-state index is 0.0324. The monoisotopic (exact) mass is 478 g/mol. The third kappa shape index (κ3) is 3.44. The molecular weight excluding hydrogens is 455 g/mol. The Kier molecular flexibility index (Phi) is 5.05. The number of aromatic nitrogens is 5. The molecule has 4 aromatic heterocycles. The Morgan fingerprint density at radius 1 is 1.21 bits per heavy atom. The molecule has 4 aromatic rings. The van der Waals surface area contributed by atoms with E-state index in [2.05, 4.69) is 30.2 Å². The number of thiophene rings is 1. The van der Waals surface area contributed by atoms with Crippen LogP contribution in [0, 0.1) is 30.5 Å². The van der Waals surface area contributed by atoms with Crippen LogP contribution in [0.3, 0.4) is 0 Å². The number of aryl methyl sites for hydroxylation is 1. The maximum Gasteiger partial charge on any atom is 0.308 e. The highest BCUT2D eigenvalue weighted by Crippen LogP contribution is 2.46. The number of carbonyl (C=O) groups is 1. The number of aromatic amines is 1. The number of hydrogen-bond acceptors (Lipinski definition) is 7. The zero-order valence-electron chi connectivity index (χ0n) is 18.5. The van der Waals surface area contributed by atoms with Gasteiger partial charge in [-0.05, 0) is 55.9 Å². The second kappa shape index (κ2) is 8.12. The normalized spacial score (nSPS) is 23.9. The topological polar surface area (TPSA) is 117 Å². The Morgan fingerprint density at radius 2 is 2.00 bits per heavy atom. The first-order chi connectivity index (χ1) is 16.5. The number of carboxylic acids is 1. The maximum absolute atomic E-state index is 15.8. The number of hydrogen-bond donors (Lipinski definition) is 3. The zero-order valence-corrected chi connectivity index (χ0v) is 19.3. The molecule has 3 aliphatic rings. The molecule has 34 heavy (non-hydrogen) atoms. The van der Waals surface area contributed by atoms with Gasteiger partial charge in [0, 0.05) is 23.2 Å². The Morgan fingerprint density at radius 3 is 2.74 bits per heavy atom. The van der Waals surface area contributed by atoms with Crippen molar-refractivity contribution in [2.75, 3.05) is 5.32 Å². The zero-order chi connectivity index (χ0) is 23.4. The van der Waals surface area contributed by atoms with Crippen molar-refractivity contribution in [3.05, 3.63) is 40.7 Å². The molecule has 3 fully saturated rings. The molecule has 0 aromatic carbocycles. The lowest BCUT2D eigenvalue weighted by molar-refractivity contribution is -0.148. The molecule has 2 atom stereocenters. The van der Waals surface area contributed by atoms with Crippen LogP contribution in [0.1, 0.15) is 31.4 Å². The molecule has 0 aliphatic heterocycles. The molecule has 7 rings (SSSR count). The first-order valence-corrected chi connectivity index (χ1v) is 12.3. The van der Waals surface area contributed by atoms with Gasteiger partial charge in [-0.15, -0.1) is 0 Å². The van der Waals surface area contributed by atoms with Gasteiger partial charge in [0.2, 0.25) is 0 Å². The molecule has 174 valence electrons. The van der Waals surface area contributed by atoms with Gasteiger partial charge in [0.05, 0.1) is 23.4 Å². The summed E-state index contributed by atoms with van der Waals surface area (Å²) in [6.07, 6.45) is 7.10. The van der Waals surface area contributed by atoms with Gasteiger partial charge in [0.1, 0.15) is 11.2 Å². The Bertz CT molecular complexity index is 1380. The fourth-order valence-corrected chi connectivity index (χ4v) is 6.21. The molecule has 0 unspecified atom stereocenters. The SMILES string of the molecule is Cc1cnc2[nH]cc(-c3nc(N[C@H]4C5CCC(CC5)[C@@H]4C(=O)O)c(F)c(-c4ccsc4)n3)c2n1. The van der Waals surface area contributed by atoms with E-state index in [1.165, 1.54) is 11.3 Å². The van der Waals surface area contributed by atoms with E-state index in [-0.39, 0.29) is 29.4 Å². The Hall–Kier alpha value is -3.40. The van der Waals surface area contributed by atoms with Crippen LogP contribution >= 0.6 is 11.3 Å². The number of anilines is 1. The number of fused-ring (bicyclic) bond motifs is 4. The summed E-state index contributed by atoms with van der Waals surface area (Å²) in [5, 5.41) is 16.9. The fourth-order valence-electron chi connectivity index (χ4n) is 5.57. The summed E-state index contributed by atoms with van der Waals surface area (Å²) in [5.41, 5.74) is 3.39. The third-order valence-corrected chi connectivity index (χ3v) is 7.88. The molecule has 0 saturated heterocycles. The van der Waals surface area contributed by atoms with E-state index in [0.29, 0.717) is 28.1 Å². The average Bonchev–Trinajstić information content (AvgIpc) is 3.51. The molecule has 3 aliphatic carbocycles. The van der Waals surface area contributed by atoms with Crippen molar-refractivity contribution in [3.8, 4) is 22.6 Å². The number of H-pyrrole nitrogens is 1. The second-order valence-electron chi connectivity index (χ2n) is 9.19. The summed E-state index contributed by atoms with van der Waals surface area (Å²) in [7, 11) is 0. The van der Waals surface area contributed by atoms with E-state index in [0.717, 1.165) is 31.4 Å². The van der Waals surface area contributed by atoms with Crippen molar-refractivity contribution < 1.29 is 14.3 Å². The van der Waals surface area contributed by atoms with Crippen LogP contribution in [0.25, 0.3) is 33.8 Å². The first-order valence-electron chi connectivity index (χ1n) is 11.4. The van der Waals surface area contributed by atoms with Gasteiger partial charge in [-0.2, -0.15) is 11.3 Å². The molecule has 3 saturated carbocycles. The molecule has 8 nitrogen and oxygen atoms in total. The number of nitrogens with zero attached hydrogens (tertiary/aromatic N) is 4. The lowest BCUT2D eigenvalue weighted by atomic mass is 9.61. The van der Waals surface area contributed by atoms with Crippen molar-refractivity contribution >= 4 is 34.3 Å². The summed E-state index contributed by atoms with van der Waals surface area (Å²) < 4.78 is 15.8. The average molecular weight is 479 g/mol. The predicted molar refractivity (Wildman–Crippen MR) is 127 cm³/mol. The highest BCUT2D eigenvalue weighted by molar-refractivity contribution is 7.08. The molecule has 10 heteroatoms. The van der Waals surface area contributed by atoms with E-state index >= 15 is 4.39 Å². The van der Waals surface area contributed by atoms with E-state index in [9.17, 15) is 9.90 Å². The van der Waals surface area contributed by atoms with Crippen molar-refractivity contribution in [2.24, 2.45) is 17.8 Å². The molecular formula is C24H23FN6O2S. The molecule has 3 N–H and O–H groups in total. The van der Waals surface area contributed by atoms with Gasteiger partial charge >= 0.3 is 5.97 Å². The van der Waals surface area contributed by atoms with Gasteiger partial charge < -0.3 is 15.4 Å². The van der Waals surface area contributed by atoms with Gasteiger partial charge in [0.15, 0.2) is 23.1 Å². The van der Waals surface area contributed by atoms with Gasteiger partial charge in [0.25, 0.3) is 0 Å². The first kappa shape index (κ1) is 21.2. The smallest absolute Gasteiger partial charge is 0.308 e. The molecule has 0 amide bonds. The summed E-state index contributed by atoms with van der Waals surface area (Å²) in [5.74, 6) is -1.34. The van der Waals surface area contributed by atoms with Crippen LogP contribution in [0.4, 0.5) is 10.2 Å². The molecule has 0 radical (unpaired) electrons. The van der Waals surface area contributed by atoms with Gasteiger partial charge in [-0.25, -0.2) is 24.3 Å². The van der Waals surface area contributed by atoms with Crippen LogP contribution < -0.4 is 5.32 Å². The Balaban J connectivity index is 1.49. The number of carboxylic acid groups (broad SMARTS) is 1. The minimum atomic E-state index is -0.831. The van der Waals surface area contributed by atoms with Crippen LogP contribution in [0.2, 0.25) is 0 Å². The standard InChI is InChI=1S/C24H23FN6O2S/c1-11-8-26-23-20(28-11)15(9-27-23)21-30-19(14-6-7-34-10-14)17(25)22(31-21)29-18-13-4-2-12(3-5-13)16(18)24(32)33/h6-10,12-13,16,18H,2-5H2,1H3,(H,26,27)(H,32,33)(H,29,30,31)/t12?,13?,16-,18-/m0/s1. The largest absolute Gasteiger partial charge is 0.481 e. The van der Waals surface area contributed by atoms with Gasteiger partial charge in [-0.3, -0.25) is 4.79 Å². The van der Waals surface area contributed by atoms with Crippen molar-refractivity contribution in [1.82, 2.24) is 24.9 Å². The molecule has 2 bridgehead atoms. The van der Waals surface area contributed by atoms with Crippen LogP contribution in [-0.2, 0) is 4.79 Å². The van der Waals surface area contributed by atoms with Gasteiger partial charge in [-0.1, -0.05) is 0 Å². The molecule has 4 heterocycles. The quantitative estimate of drug-likeness (QED) is 0.374. The van der Waals surface area contributed by atoms with Crippen LogP contribution in [0.5, 0.6) is 0 Å². The van der Waals surface area contributed by atoms with Crippen LogP contribution in [0.15, 0.2) is 29.2 Å². The number of rotatable bonds is 5. The lowest BCUT2D eigenvalue weighted by Gasteiger charge is -2.47. The number of aliphatic carboxylic acids is 1.